The van der Waals surface area contributed by atoms with Crippen LogP contribution in [0.15, 0.2) is 174 Å². The largest absolute Gasteiger partial charge is 0.492 e. The highest BCUT2D eigenvalue weighted by molar-refractivity contribution is 6.31. The summed E-state index contributed by atoms with van der Waals surface area (Å²) >= 11 is 0. The van der Waals surface area contributed by atoms with E-state index in [9.17, 15) is 0 Å². The number of quaternary nitrogens is 1. The maximum absolute atomic E-state index is 6.05. The zero-order valence-corrected chi connectivity index (χ0v) is 27.3. The molecule has 0 unspecified atom stereocenters. The number of methoxy groups -OCH3 is 2. The molecule has 0 aliphatic carbocycles. The third-order valence-electron chi connectivity index (χ3n) is 9.68. The summed E-state index contributed by atoms with van der Waals surface area (Å²) in [6.07, 6.45) is 8.80. The summed E-state index contributed by atoms with van der Waals surface area (Å²) in [5.41, 5.74) is 13.1. The van der Waals surface area contributed by atoms with E-state index < -0.39 is 0 Å². The lowest BCUT2D eigenvalue weighted by atomic mass is 9.89. The molecule has 3 aliphatic heterocycles. The van der Waals surface area contributed by atoms with Gasteiger partial charge in [0, 0.05) is 28.5 Å². The molecule has 3 heterocycles. The van der Waals surface area contributed by atoms with E-state index in [2.05, 4.69) is 157 Å². The van der Waals surface area contributed by atoms with Crippen LogP contribution in [0.5, 0.6) is 11.5 Å². The van der Waals surface area contributed by atoms with Crippen molar-refractivity contribution in [2.24, 2.45) is 4.99 Å². The molecular formula is C45H33N2O2+. The van der Waals surface area contributed by atoms with Crippen LogP contribution in [0.3, 0.4) is 0 Å². The van der Waals surface area contributed by atoms with Crippen LogP contribution >= 0.6 is 0 Å². The Bertz CT molecular complexity index is 2500. The molecule has 6 aromatic carbocycles. The summed E-state index contributed by atoms with van der Waals surface area (Å²) in [5.74, 6) is 1.46. The van der Waals surface area contributed by atoms with Gasteiger partial charge >= 0.3 is 0 Å². The van der Waals surface area contributed by atoms with E-state index >= 15 is 0 Å². The third kappa shape index (κ3) is 4.76. The van der Waals surface area contributed by atoms with E-state index in [4.69, 9.17) is 14.5 Å². The molecule has 49 heavy (non-hydrogen) atoms. The van der Waals surface area contributed by atoms with Crippen LogP contribution in [-0.2, 0) is 0 Å². The third-order valence-corrected chi connectivity index (χ3v) is 9.68. The van der Waals surface area contributed by atoms with Crippen LogP contribution in [0, 0.1) is 0 Å². The lowest BCUT2D eigenvalue weighted by Gasteiger charge is -2.18. The van der Waals surface area contributed by atoms with Crippen molar-refractivity contribution >= 4 is 44.0 Å². The molecule has 6 aromatic rings. The topological polar surface area (TPSA) is 47.4 Å². The summed E-state index contributed by atoms with van der Waals surface area (Å²) in [7, 11) is 3.43. The van der Waals surface area contributed by atoms with E-state index in [1.807, 2.05) is 0 Å². The number of nitrogens with two attached hydrogens (primary N) is 1. The minimum atomic E-state index is 0.729. The molecule has 8 bridgehead atoms. The van der Waals surface area contributed by atoms with Gasteiger partial charge in [0.15, 0.2) is 11.5 Å². The Morgan fingerprint density at radius 3 is 1.43 bits per heavy atom. The Morgan fingerprint density at radius 2 is 0.898 bits per heavy atom. The SMILES string of the molecule is COc1c(OC)c2ccc3cc2c2cc(ccc12)C(c1ccccc1)=C1C=CC(=N1)C(c1ccccc1)=C1C=CC(=C3c2ccccc2)[NH2+]1. The van der Waals surface area contributed by atoms with Crippen molar-refractivity contribution in [1.29, 1.82) is 0 Å². The van der Waals surface area contributed by atoms with Gasteiger partial charge in [0.1, 0.15) is 11.4 Å². The minimum Gasteiger partial charge on any atom is -0.492 e. The summed E-state index contributed by atoms with van der Waals surface area (Å²) in [5, 5.41) is 6.51. The Morgan fingerprint density at radius 1 is 0.429 bits per heavy atom. The van der Waals surface area contributed by atoms with Crippen LogP contribution in [0.2, 0.25) is 0 Å². The van der Waals surface area contributed by atoms with Gasteiger partial charge in [-0.15, -0.1) is 0 Å². The van der Waals surface area contributed by atoms with Crippen molar-refractivity contribution in [3.8, 4) is 11.5 Å². The monoisotopic (exact) mass is 633 g/mol. The second kappa shape index (κ2) is 11.8. The maximum atomic E-state index is 6.05. The summed E-state index contributed by atoms with van der Waals surface area (Å²) in [4.78, 5) is 5.40. The Kier molecular flexibility index (Phi) is 6.96. The van der Waals surface area contributed by atoms with Gasteiger partial charge in [-0.25, -0.2) is 4.99 Å². The van der Waals surface area contributed by atoms with Gasteiger partial charge in [0.2, 0.25) is 0 Å². The summed E-state index contributed by atoms with van der Waals surface area (Å²) in [6.45, 7) is 0. The van der Waals surface area contributed by atoms with Gasteiger partial charge in [0.25, 0.3) is 0 Å². The lowest BCUT2D eigenvalue weighted by molar-refractivity contribution is -0.537. The van der Waals surface area contributed by atoms with Crippen molar-refractivity contribution < 1.29 is 14.8 Å². The number of hydrogen-bond donors (Lipinski definition) is 1. The van der Waals surface area contributed by atoms with Gasteiger partial charge in [-0.05, 0) is 75.0 Å². The first-order valence-corrected chi connectivity index (χ1v) is 16.5. The highest BCUT2D eigenvalue weighted by atomic mass is 16.5. The molecule has 0 atom stereocenters. The smallest absolute Gasteiger partial charge is 0.169 e. The average molecular weight is 634 g/mol. The minimum absolute atomic E-state index is 0.729. The van der Waals surface area contributed by atoms with E-state index in [0.717, 1.165) is 94.8 Å². The molecule has 0 saturated carbocycles. The Labute approximate surface area is 285 Å². The molecule has 0 amide bonds. The number of benzene rings is 6. The van der Waals surface area contributed by atoms with Crippen LogP contribution < -0.4 is 14.8 Å². The van der Waals surface area contributed by atoms with Gasteiger partial charge in [-0.3, -0.25) is 5.32 Å². The maximum Gasteiger partial charge on any atom is 0.169 e. The average Bonchev–Trinajstić information content (AvgIpc) is 3.83. The number of fused-ring (bicyclic) bond motifs is 5. The first-order valence-electron chi connectivity index (χ1n) is 16.5. The molecule has 0 saturated heterocycles. The summed E-state index contributed by atoms with van der Waals surface area (Å²) in [6, 6.07) is 45.2. The predicted molar refractivity (Wildman–Crippen MR) is 200 cm³/mol. The second-order valence-corrected chi connectivity index (χ2v) is 12.4. The van der Waals surface area contributed by atoms with Crippen molar-refractivity contribution in [2.45, 2.75) is 0 Å². The van der Waals surface area contributed by atoms with E-state index in [-0.39, 0.29) is 0 Å². The molecular weight excluding hydrogens is 601 g/mol. The number of ether oxygens (including phenoxy) is 2. The fraction of sp³-hybridized carbons (Fsp3) is 0.0444. The highest BCUT2D eigenvalue weighted by Crippen LogP contribution is 2.46. The molecule has 3 aliphatic rings. The standard InChI is InChI=1S/C45H32N2O2/c1-48-44-33-20-18-31-26-35(33)36-27-32(19-21-34(36)45(44)49-2)42(29-14-8-4-9-15-29)38-23-25-40(47-38)43(30-16-10-5-11-17-30)39-24-22-37(46-39)41(31)28-12-6-3-7-13-28/h3-27,46H,1-2H3/p+1. The fourth-order valence-corrected chi connectivity index (χ4v) is 7.53. The number of nitrogens with zero attached hydrogens (tertiary/aromatic N) is 1. The Hall–Kier alpha value is -6.23. The zero-order valence-electron chi connectivity index (χ0n) is 27.3. The number of rotatable bonds is 5. The molecule has 9 rings (SSSR count). The molecule has 0 spiro atoms. The molecule has 0 fully saturated rings. The molecule has 0 radical (unpaired) electrons. The van der Waals surface area contributed by atoms with Crippen molar-refractivity contribution in [3.63, 3.8) is 0 Å². The molecule has 234 valence electrons. The lowest BCUT2D eigenvalue weighted by Crippen LogP contribution is -2.77. The molecule has 2 N–H and O–H groups in total. The van der Waals surface area contributed by atoms with Gasteiger partial charge in [-0.2, -0.15) is 0 Å². The quantitative estimate of drug-likeness (QED) is 0.193. The zero-order chi connectivity index (χ0) is 32.9. The first kappa shape index (κ1) is 29.0. The van der Waals surface area contributed by atoms with Crippen molar-refractivity contribution in [2.75, 3.05) is 14.2 Å². The van der Waals surface area contributed by atoms with Gasteiger partial charge in [-0.1, -0.05) is 103 Å². The van der Waals surface area contributed by atoms with Crippen LogP contribution in [-0.4, -0.2) is 19.9 Å². The van der Waals surface area contributed by atoms with E-state index in [0.29, 0.717) is 0 Å². The fourth-order valence-electron chi connectivity index (χ4n) is 7.53. The van der Waals surface area contributed by atoms with Crippen LogP contribution in [0.1, 0.15) is 27.8 Å². The number of hydrogen-bond acceptors (Lipinski definition) is 3. The van der Waals surface area contributed by atoms with E-state index in [1.165, 1.54) is 5.57 Å². The van der Waals surface area contributed by atoms with Crippen LogP contribution in [0.25, 0.3) is 38.3 Å². The van der Waals surface area contributed by atoms with E-state index in [1.54, 1.807) is 14.2 Å². The van der Waals surface area contributed by atoms with Crippen LogP contribution in [0.4, 0.5) is 0 Å². The number of allylic oxidation sites excluding steroid dienone is 5. The van der Waals surface area contributed by atoms with Gasteiger partial charge < -0.3 is 9.47 Å². The van der Waals surface area contributed by atoms with Crippen molar-refractivity contribution in [1.82, 2.24) is 0 Å². The second-order valence-electron chi connectivity index (χ2n) is 12.4. The summed E-state index contributed by atoms with van der Waals surface area (Å²) < 4.78 is 12.1. The molecule has 4 nitrogen and oxygen atoms in total. The first-order chi connectivity index (χ1) is 24.2. The molecule has 4 heteroatoms. The van der Waals surface area contributed by atoms with Crippen molar-refractivity contribution in [3.05, 3.63) is 197 Å². The Balaban J connectivity index is 1.45. The predicted octanol–water partition coefficient (Wildman–Crippen LogP) is 9.10. The van der Waals surface area contributed by atoms with Gasteiger partial charge in [0.05, 0.1) is 36.8 Å². The molecule has 0 aromatic heterocycles. The normalized spacial score (nSPS) is 15.2. The number of aliphatic imine (C=N–C) groups is 1. The highest BCUT2D eigenvalue weighted by Gasteiger charge is 2.28.